The van der Waals surface area contributed by atoms with E-state index in [1.807, 2.05) is 6.92 Å². The molecule has 0 atom stereocenters. The first-order valence-electron chi connectivity index (χ1n) is 8.32. The number of benzene rings is 2. The van der Waals surface area contributed by atoms with Gasteiger partial charge in [0.1, 0.15) is 0 Å². The van der Waals surface area contributed by atoms with Crippen LogP contribution in [0.15, 0.2) is 47.4 Å². The molecule has 0 saturated heterocycles. The summed E-state index contributed by atoms with van der Waals surface area (Å²) in [6.45, 7) is 6.37. The molecule has 2 aromatic rings. The van der Waals surface area contributed by atoms with Crippen molar-refractivity contribution in [1.29, 1.82) is 0 Å². The summed E-state index contributed by atoms with van der Waals surface area (Å²) < 4.78 is 27.5. The number of carbonyl (C=O) groups is 1. The van der Waals surface area contributed by atoms with Crippen LogP contribution >= 0.6 is 0 Å². The van der Waals surface area contributed by atoms with Gasteiger partial charge in [0.2, 0.25) is 0 Å². The van der Waals surface area contributed by atoms with Crippen LogP contribution in [0.4, 0.5) is 5.69 Å². The van der Waals surface area contributed by atoms with E-state index in [-0.39, 0.29) is 10.8 Å². The minimum absolute atomic E-state index is 0.149. The Kier molecular flexibility index (Phi) is 6.20. The average molecular weight is 360 g/mol. The molecule has 0 heterocycles. The predicted molar refractivity (Wildman–Crippen MR) is 100 cm³/mol. The summed E-state index contributed by atoms with van der Waals surface area (Å²) in [5.74, 6) is -0.149. The first-order chi connectivity index (χ1) is 11.8. The van der Waals surface area contributed by atoms with Crippen LogP contribution in [0.5, 0.6) is 0 Å². The second kappa shape index (κ2) is 8.16. The molecule has 0 unspecified atom stereocenters. The van der Waals surface area contributed by atoms with Crippen molar-refractivity contribution in [3.05, 3.63) is 59.2 Å². The van der Waals surface area contributed by atoms with Gasteiger partial charge >= 0.3 is 0 Å². The third-order valence-corrected chi connectivity index (χ3v) is 5.26. The van der Waals surface area contributed by atoms with E-state index in [1.165, 1.54) is 0 Å². The first-order valence-corrected chi connectivity index (χ1v) is 9.80. The first kappa shape index (κ1) is 19.0. The zero-order chi connectivity index (χ0) is 18.4. The molecule has 0 aliphatic carbocycles. The van der Waals surface area contributed by atoms with Gasteiger partial charge in [-0.25, -0.2) is 8.42 Å². The maximum absolute atomic E-state index is 12.5. The Bertz CT molecular complexity index is 843. The fourth-order valence-corrected chi connectivity index (χ4v) is 3.45. The fraction of sp³-hybridized carbons (Fsp3) is 0.316. The zero-order valence-electron chi connectivity index (χ0n) is 14.8. The molecule has 2 rings (SSSR count). The Morgan fingerprint density at radius 3 is 2.32 bits per heavy atom. The van der Waals surface area contributed by atoms with E-state index in [4.69, 9.17) is 0 Å². The number of unbranched alkanes of at least 4 members (excludes halogenated alkanes) is 1. The Balaban J connectivity index is 2.15. The standard InChI is InChI=1S/C19H24N2O3S/c1-4-5-12-20-19(22)16-8-11-18(15(3)13-16)21-25(23,24)17-9-6-14(2)7-10-17/h6-11,13,21H,4-5,12H2,1-3H3,(H,20,22). The molecular formula is C19H24N2O3S. The van der Waals surface area contributed by atoms with Crippen molar-refractivity contribution in [2.75, 3.05) is 11.3 Å². The van der Waals surface area contributed by atoms with Gasteiger partial charge in [-0.05, 0) is 56.2 Å². The zero-order valence-corrected chi connectivity index (χ0v) is 15.6. The number of anilines is 1. The van der Waals surface area contributed by atoms with Crippen LogP contribution in [-0.4, -0.2) is 20.9 Å². The van der Waals surface area contributed by atoms with Crippen LogP contribution in [0.3, 0.4) is 0 Å². The fourth-order valence-electron chi connectivity index (χ4n) is 2.32. The summed E-state index contributed by atoms with van der Waals surface area (Å²) in [5, 5.41) is 2.85. The van der Waals surface area contributed by atoms with E-state index in [2.05, 4.69) is 17.0 Å². The predicted octanol–water partition coefficient (Wildman–Crippen LogP) is 3.63. The molecular weight excluding hydrogens is 336 g/mol. The number of carbonyl (C=O) groups excluding carboxylic acids is 1. The molecule has 0 aliphatic rings. The van der Waals surface area contributed by atoms with Crippen LogP contribution in [-0.2, 0) is 10.0 Å². The van der Waals surface area contributed by atoms with Crippen molar-refractivity contribution in [2.45, 2.75) is 38.5 Å². The summed E-state index contributed by atoms with van der Waals surface area (Å²) in [6, 6.07) is 11.6. The van der Waals surface area contributed by atoms with Crippen LogP contribution in [0.1, 0.15) is 41.3 Å². The number of sulfonamides is 1. The van der Waals surface area contributed by atoms with Crippen LogP contribution in [0, 0.1) is 13.8 Å². The van der Waals surface area contributed by atoms with Gasteiger partial charge in [0.05, 0.1) is 10.6 Å². The summed E-state index contributed by atoms with van der Waals surface area (Å²) in [5.41, 5.74) is 2.67. The SMILES string of the molecule is CCCCNC(=O)c1ccc(NS(=O)(=O)c2ccc(C)cc2)c(C)c1. The molecule has 6 heteroatoms. The maximum atomic E-state index is 12.5. The van der Waals surface area contributed by atoms with E-state index >= 15 is 0 Å². The number of nitrogens with one attached hydrogen (secondary N) is 2. The van der Waals surface area contributed by atoms with Gasteiger partial charge < -0.3 is 5.32 Å². The highest BCUT2D eigenvalue weighted by molar-refractivity contribution is 7.92. The highest BCUT2D eigenvalue weighted by atomic mass is 32.2. The van der Waals surface area contributed by atoms with Crippen LogP contribution < -0.4 is 10.0 Å². The maximum Gasteiger partial charge on any atom is 0.261 e. The largest absolute Gasteiger partial charge is 0.352 e. The normalized spacial score (nSPS) is 11.2. The number of hydrogen-bond acceptors (Lipinski definition) is 3. The lowest BCUT2D eigenvalue weighted by atomic mass is 10.1. The van der Waals surface area contributed by atoms with Gasteiger partial charge in [0.15, 0.2) is 0 Å². The molecule has 25 heavy (non-hydrogen) atoms. The van der Waals surface area contributed by atoms with Gasteiger partial charge in [-0.3, -0.25) is 9.52 Å². The van der Waals surface area contributed by atoms with Gasteiger partial charge in [-0.15, -0.1) is 0 Å². The number of amides is 1. The molecule has 2 N–H and O–H groups in total. The van der Waals surface area contributed by atoms with Crippen molar-refractivity contribution < 1.29 is 13.2 Å². The molecule has 0 spiro atoms. The van der Waals surface area contributed by atoms with Gasteiger partial charge in [-0.2, -0.15) is 0 Å². The molecule has 1 amide bonds. The highest BCUT2D eigenvalue weighted by Crippen LogP contribution is 2.21. The van der Waals surface area contributed by atoms with Crippen molar-refractivity contribution >= 4 is 21.6 Å². The summed E-state index contributed by atoms with van der Waals surface area (Å²) in [4.78, 5) is 12.3. The molecule has 134 valence electrons. The van der Waals surface area contributed by atoms with E-state index in [0.29, 0.717) is 23.4 Å². The van der Waals surface area contributed by atoms with Crippen molar-refractivity contribution in [3.8, 4) is 0 Å². The molecule has 2 aromatic carbocycles. The molecule has 0 bridgehead atoms. The van der Waals surface area contributed by atoms with Crippen molar-refractivity contribution in [1.82, 2.24) is 5.32 Å². The Labute approximate surface area is 149 Å². The summed E-state index contributed by atoms with van der Waals surface area (Å²) in [6.07, 6.45) is 1.94. The van der Waals surface area contributed by atoms with Gasteiger partial charge in [0, 0.05) is 12.1 Å². The summed E-state index contributed by atoms with van der Waals surface area (Å²) in [7, 11) is -3.65. The molecule has 0 radical (unpaired) electrons. The number of aryl methyl sites for hydroxylation is 2. The molecule has 0 aromatic heterocycles. The van der Waals surface area contributed by atoms with Crippen molar-refractivity contribution in [2.24, 2.45) is 0 Å². The lowest BCUT2D eigenvalue weighted by molar-refractivity contribution is 0.0953. The van der Waals surface area contributed by atoms with E-state index in [9.17, 15) is 13.2 Å². The minimum atomic E-state index is -3.65. The Hall–Kier alpha value is -2.34. The Morgan fingerprint density at radius 2 is 1.72 bits per heavy atom. The Morgan fingerprint density at radius 1 is 1.04 bits per heavy atom. The van der Waals surface area contributed by atoms with Crippen LogP contribution in [0.25, 0.3) is 0 Å². The topological polar surface area (TPSA) is 75.3 Å². The minimum Gasteiger partial charge on any atom is -0.352 e. The van der Waals surface area contributed by atoms with E-state index in [1.54, 1.807) is 49.4 Å². The lowest BCUT2D eigenvalue weighted by Crippen LogP contribution is -2.24. The lowest BCUT2D eigenvalue weighted by Gasteiger charge is -2.12. The monoisotopic (exact) mass is 360 g/mol. The second-order valence-corrected chi connectivity index (χ2v) is 7.74. The second-order valence-electron chi connectivity index (χ2n) is 6.06. The summed E-state index contributed by atoms with van der Waals surface area (Å²) >= 11 is 0. The van der Waals surface area contributed by atoms with Gasteiger partial charge in [-0.1, -0.05) is 31.0 Å². The number of hydrogen-bond donors (Lipinski definition) is 2. The van der Waals surface area contributed by atoms with Gasteiger partial charge in [0.25, 0.3) is 15.9 Å². The smallest absolute Gasteiger partial charge is 0.261 e. The average Bonchev–Trinajstić information content (AvgIpc) is 2.57. The molecule has 5 nitrogen and oxygen atoms in total. The number of rotatable bonds is 7. The van der Waals surface area contributed by atoms with Crippen LogP contribution in [0.2, 0.25) is 0 Å². The molecule has 0 fully saturated rings. The van der Waals surface area contributed by atoms with E-state index in [0.717, 1.165) is 18.4 Å². The van der Waals surface area contributed by atoms with E-state index < -0.39 is 10.0 Å². The molecule has 0 saturated carbocycles. The third-order valence-electron chi connectivity index (χ3n) is 3.88. The quantitative estimate of drug-likeness (QED) is 0.740. The third kappa shape index (κ3) is 5.06. The van der Waals surface area contributed by atoms with Crippen molar-refractivity contribution in [3.63, 3.8) is 0 Å². The molecule has 0 aliphatic heterocycles. The highest BCUT2D eigenvalue weighted by Gasteiger charge is 2.16.